The first-order valence-electron chi connectivity index (χ1n) is 8.07. The van der Waals surface area contributed by atoms with Gasteiger partial charge in [0.1, 0.15) is 22.9 Å². The minimum absolute atomic E-state index is 0.0493. The van der Waals surface area contributed by atoms with Gasteiger partial charge >= 0.3 is 0 Å². The van der Waals surface area contributed by atoms with Crippen LogP contribution in [-0.4, -0.2) is 10.2 Å². The Labute approximate surface area is 143 Å². The Morgan fingerprint density at radius 3 is 1.25 bits per heavy atom. The molecule has 2 N–H and O–H groups in total. The number of phenols is 2. The molecular weight excluding hydrogens is 300 g/mol. The number of hydrogen-bond donors (Lipinski definition) is 2. The standard InChI is InChI=1S/C20H26N2O2/c1-19(2,3)13-7-9-17(23)15(11-13)21-22-16-12-14(20(4,5)6)8-10-18(16)24/h7-12,23-24H,1-6H3. The van der Waals surface area contributed by atoms with E-state index in [4.69, 9.17) is 0 Å². The van der Waals surface area contributed by atoms with Crippen LogP contribution in [0.5, 0.6) is 11.5 Å². The lowest BCUT2D eigenvalue weighted by atomic mass is 9.87. The van der Waals surface area contributed by atoms with E-state index in [-0.39, 0.29) is 22.3 Å². The van der Waals surface area contributed by atoms with Crippen LogP contribution in [0.15, 0.2) is 46.6 Å². The number of benzene rings is 2. The normalized spacial score (nSPS) is 12.8. The smallest absolute Gasteiger partial charge is 0.143 e. The maximum absolute atomic E-state index is 10.0. The van der Waals surface area contributed by atoms with Crippen LogP contribution in [0.4, 0.5) is 11.4 Å². The van der Waals surface area contributed by atoms with E-state index in [1.54, 1.807) is 12.1 Å². The summed E-state index contributed by atoms with van der Waals surface area (Å²) >= 11 is 0. The van der Waals surface area contributed by atoms with Crippen LogP contribution in [0.2, 0.25) is 0 Å². The average molecular weight is 326 g/mol. The molecule has 4 nitrogen and oxygen atoms in total. The third kappa shape index (κ3) is 4.13. The average Bonchev–Trinajstić information content (AvgIpc) is 2.45. The number of aromatic hydroxyl groups is 2. The number of azo groups is 1. The monoisotopic (exact) mass is 326 g/mol. The lowest BCUT2D eigenvalue weighted by molar-refractivity contribution is 0.472. The van der Waals surface area contributed by atoms with Crippen LogP contribution in [0.25, 0.3) is 0 Å². The van der Waals surface area contributed by atoms with Gasteiger partial charge in [0, 0.05) is 0 Å². The van der Waals surface area contributed by atoms with Gasteiger partial charge in [-0.05, 0) is 46.2 Å². The van der Waals surface area contributed by atoms with E-state index < -0.39 is 0 Å². The fraction of sp³-hybridized carbons (Fsp3) is 0.400. The van der Waals surface area contributed by atoms with Crippen molar-refractivity contribution >= 4 is 11.4 Å². The summed E-state index contributed by atoms with van der Waals surface area (Å²) < 4.78 is 0. The second-order valence-corrected chi connectivity index (χ2v) is 8.11. The van der Waals surface area contributed by atoms with Crippen molar-refractivity contribution in [1.29, 1.82) is 0 Å². The molecule has 0 aliphatic carbocycles. The topological polar surface area (TPSA) is 65.2 Å². The van der Waals surface area contributed by atoms with Crippen molar-refractivity contribution < 1.29 is 10.2 Å². The SMILES string of the molecule is CC(C)(C)c1ccc(O)c(N=Nc2cc(C(C)(C)C)ccc2O)c1. The molecule has 0 saturated heterocycles. The molecule has 0 amide bonds. The van der Waals surface area contributed by atoms with Crippen LogP contribution >= 0.6 is 0 Å². The van der Waals surface area contributed by atoms with Crippen molar-refractivity contribution in [1.82, 2.24) is 0 Å². The maximum Gasteiger partial charge on any atom is 0.143 e. The Bertz CT molecular complexity index is 701. The zero-order valence-corrected chi connectivity index (χ0v) is 15.3. The highest BCUT2D eigenvalue weighted by atomic mass is 16.3. The molecule has 0 aliphatic heterocycles. The van der Waals surface area contributed by atoms with Crippen LogP contribution in [0.1, 0.15) is 52.7 Å². The van der Waals surface area contributed by atoms with Gasteiger partial charge in [-0.25, -0.2) is 0 Å². The van der Waals surface area contributed by atoms with Gasteiger partial charge in [-0.3, -0.25) is 0 Å². The van der Waals surface area contributed by atoms with Crippen molar-refractivity contribution in [2.24, 2.45) is 10.2 Å². The summed E-state index contributed by atoms with van der Waals surface area (Å²) in [6, 6.07) is 10.7. The number of phenolic OH excluding ortho intramolecular Hbond substituents is 2. The summed E-state index contributed by atoms with van der Waals surface area (Å²) in [5.41, 5.74) is 2.80. The number of hydrogen-bond acceptors (Lipinski definition) is 4. The van der Waals surface area contributed by atoms with Gasteiger partial charge < -0.3 is 10.2 Å². The lowest BCUT2D eigenvalue weighted by Crippen LogP contribution is -2.10. The molecule has 0 unspecified atom stereocenters. The summed E-state index contributed by atoms with van der Waals surface area (Å²) in [4.78, 5) is 0. The zero-order chi connectivity index (χ0) is 18.1. The fourth-order valence-corrected chi connectivity index (χ4v) is 2.25. The molecule has 0 spiro atoms. The van der Waals surface area contributed by atoms with E-state index >= 15 is 0 Å². The van der Waals surface area contributed by atoms with E-state index in [1.807, 2.05) is 24.3 Å². The highest BCUT2D eigenvalue weighted by Gasteiger charge is 2.17. The molecule has 0 radical (unpaired) electrons. The summed E-state index contributed by atoms with van der Waals surface area (Å²) in [5, 5.41) is 28.3. The van der Waals surface area contributed by atoms with Crippen molar-refractivity contribution in [2.45, 2.75) is 52.4 Å². The molecule has 0 bridgehead atoms. The van der Waals surface area contributed by atoms with E-state index in [0.29, 0.717) is 11.4 Å². The van der Waals surface area contributed by atoms with Gasteiger partial charge in [0.05, 0.1) is 0 Å². The van der Waals surface area contributed by atoms with E-state index in [2.05, 4.69) is 51.8 Å². The first-order chi connectivity index (χ1) is 11.0. The molecule has 0 fully saturated rings. The van der Waals surface area contributed by atoms with E-state index in [9.17, 15) is 10.2 Å². The first kappa shape index (κ1) is 18.0. The molecule has 2 rings (SSSR count). The predicted molar refractivity (Wildman–Crippen MR) is 97.8 cm³/mol. The highest BCUT2D eigenvalue weighted by Crippen LogP contribution is 2.36. The Balaban J connectivity index is 2.41. The second kappa shape index (κ2) is 6.27. The van der Waals surface area contributed by atoms with Gasteiger partial charge in [-0.2, -0.15) is 0 Å². The molecule has 4 heteroatoms. The molecule has 0 aromatic heterocycles. The Morgan fingerprint density at radius 1 is 0.625 bits per heavy atom. The third-order valence-electron chi connectivity index (χ3n) is 3.95. The molecule has 0 heterocycles. The highest BCUT2D eigenvalue weighted by molar-refractivity contribution is 5.56. The van der Waals surface area contributed by atoms with Crippen molar-refractivity contribution in [3.63, 3.8) is 0 Å². The molecule has 0 aliphatic rings. The second-order valence-electron chi connectivity index (χ2n) is 8.11. The molecule has 24 heavy (non-hydrogen) atoms. The summed E-state index contributed by atoms with van der Waals surface area (Å²) in [5.74, 6) is 0.136. The Kier molecular flexibility index (Phi) is 4.70. The van der Waals surface area contributed by atoms with Crippen molar-refractivity contribution in [3.8, 4) is 11.5 Å². The van der Waals surface area contributed by atoms with Crippen molar-refractivity contribution in [3.05, 3.63) is 47.5 Å². The molecule has 0 saturated carbocycles. The molecule has 0 atom stereocenters. The number of nitrogens with zero attached hydrogens (tertiary/aromatic N) is 2. The molecular formula is C20H26N2O2. The molecule has 128 valence electrons. The van der Waals surface area contributed by atoms with Gasteiger partial charge in [0.25, 0.3) is 0 Å². The summed E-state index contributed by atoms with van der Waals surface area (Å²) in [6.45, 7) is 12.6. The fourth-order valence-electron chi connectivity index (χ4n) is 2.25. The Morgan fingerprint density at radius 2 is 0.958 bits per heavy atom. The zero-order valence-electron chi connectivity index (χ0n) is 15.3. The molecule has 2 aromatic carbocycles. The largest absolute Gasteiger partial charge is 0.506 e. The van der Waals surface area contributed by atoms with Crippen LogP contribution in [-0.2, 0) is 10.8 Å². The van der Waals surface area contributed by atoms with Gasteiger partial charge in [0.2, 0.25) is 0 Å². The minimum atomic E-state index is -0.0493. The predicted octanol–water partition coefficient (Wildman–Crippen LogP) is 6.11. The van der Waals surface area contributed by atoms with Crippen molar-refractivity contribution in [2.75, 3.05) is 0 Å². The minimum Gasteiger partial charge on any atom is -0.506 e. The summed E-state index contributed by atoms with van der Waals surface area (Å²) in [6.07, 6.45) is 0. The van der Waals surface area contributed by atoms with Crippen LogP contribution in [0.3, 0.4) is 0 Å². The summed E-state index contributed by atoms with van der Waals surface area (Å²) in [7, 11) is 0. The maximum atomic E-state index is 10.0. The first-order valence-corrected chi connectivity index (χ1v) is 8.07. The number of rotatable bonds is 2. The van der Waals surface area contributed by atoms with Gasteiger partial charge in [-0.15, -0.1) is 10.2 Å². The molecule has 2 aromatic rings. The van der Waals surface area contributed by atoms with Crippen LogP contribution in [0, 0.1) is 0 Å². The van der Waals surface area contributed by atoms with E-state index in [1.165, 1.54) is 0 Å². The van der Waals surface area contributed by atoms with Gasteiger partial charge in [-0.1, -0.05) is 53.7 Å². The van der Waals surface area contributed by atoms with Crippen LogP contribution < -0.4 is 0 Å². The van der Waals surface area contributed by atoms with E-state index in [0.717, 1.165) is 11.1 Å². The Hall–Kier alpha value is -2.36. The lowest BCUT2D eigenvalue weighted by Gasteiger charge is -2.19. The quantitative estimate of drug-likeness (QED) is 0.654. The van der Waals surface area contributed by atoms with Gasteiger partial charge in [0.15, 0.2) is 0 Å². The third-order valence-corrected chi connectivity index (χ3v) is 3.95.